The second-order valence-corrected chi connectivity index (χ2v) is 5.75. The standard InChI is InChI=1S/C17H27N3O4/c1-12(2)5-8-16(18)20-24-11-17(21)19-10-13-6-7-14(22-3)15(9-13)23-4/h6-7,9,12H,5,8,10-11H2,1-4H3,(H2,18,20)(H,19,21). The number of oxime groups is 1. The van der Waals surface area contributed by atoms with Gasteiger partial charge in [-0.1, -0.05) is 25.1 Å². The minimum atomic E-state index is -0.273. The molecule has 0 aromatic heterocycles. The maximum Gasteiger partial charge on any atom is 0.261 e. The minimum absolute atomic E-state index is 0.171. The van der Waals surface area contributed by atoms with Gasteiger partial charge in [0.2, 0.25) is 0 Å². The predicted molar refractivity (Wildman–Crippen MR) is 93.0 cm³/mol. The summed E-state index contributed by atoms with van der Waals surface area (Å²) in [6.07, 6.45) is 1.59. The minimum Gasteiger partial charge on any atom is -0.493 e. The van der Waals surface area contributed by atoms with Gasteiger partial charge < -0.3 is 25.4 Å². The molecule has 0 spiro atoms. The van der Waals surface area contributed by atoms with E-state index in [1.807, 2.05) is 12.1 Å². The highest BCUT2D eigenvalue weighted by Crippen LogP contribution is 2.27. The monoisotopic (exact) mass is 337 g/mol. The number of hydrogen-bond acceptors (Lipinski definition) is 5. The molecule has 1 aromatic rings. The van der Waals surface area contributed by atoms with Gasteiger partial charge in [-0.05, 0) is 30.0 Å². The highest BCUT2D eigenvalue weighted by Gasteiger charge is 2.07. The fourth-order valence-electron chi connectivity index (χ4n) is 1.90. The third-order valence-electron chi connectivity index (χ3n) is 3.29. The Kier molecular flexibility index (Phi) is 8.46. The average molecular weight is 337 g/mol. The molecule has 134 valence electrons. The van der Waals surface area contributed by atoms with E-state index in [2.05, 4.69) is 24.3 Å². The summed E-state index contributed by atoms with van der Waals surface area (Å²) in [5.41, 5.74) is 6.59. The van der Waals surface area contributed by atoms with Crippen molar-refractivity contribution in [2.75, 3.05) is 20.8 Å². The van der Waals surface area contributed by atoms with E-state index in [0.717, 1.165) is 12.0 Å². The SMILES string of the molecule is COc1ccc(CNC(=O)CO/N=C(\N)CCC(C)C)cc1OC. The summed E-state index contributed by atoms with van der Waals surface area (Å²) < 4.78 is 10.4. The Balaban J connectivity index is 2.37. The second kappa shape index (κ2) is 10.4. The Labute approximate surface area is 143 Å². The van der Waals surface area contributed by atoms with Crippen molar-refractivity contribution in [2.24, 2.45) is 16.8 Å². The molecule has 0 heterocycles. The molecule has 0 unspecified atom stereocenters. The Hall–Kier alpha value is -2.44. The van der Waals surface area contributed by atoms with Crippen LogP contribution in [0.4, 0.5) is 0 Å². The molecule has 1 rings (SSSR count). The average Bonchev–Trinajstić information content (AvgIpc) is 2.57. The number of nitrogens with two attached hydrogens (primary N) is 1. The fraction of sp³-hybridized carbons (Fsp3) is 0.529. The Morgan fingerprint density at radius 2 is 1.96 bits per heavy atom. The Morgan fingerprint density at radius 1 is 1.25 bits per heavy atom. The van der Waals surface area contributed by atoms with Crippen molar-refractivity contribution in [3.05, 3.63) is 23.8 Å². The molecule has 0 bridgehead atoms. The van der Waals surface area contributed by atoms with Crippen molar-refractivity contribution < 1.29 is 19.1 Å². The number of carbonyl (C=O) groups is 1. The van der Waals surface area contributed by atoms with Crippen LogP contribution in [0.5, 0.6) is 11.5 Å². The van der Waals surface area contributed by atoms with Crippen LogP contribution in [-0.4, -0.2) is 32.6 Å². The quantitative estimate of drug-likeness (QED) is 0.387. The van der Waals surface area contributed by atoms with Crippen LogP contribution in [0.2, 0.25) is 0 Å². The van der Waals surface area contributed by atoms with E-state index < -0.39 is 0 Å². The number of methoxy groups -OCH3 is 2. The van der Waals surface area contributed by atoms with Gasteiger partial charge in [0.05, 0.1) is 14.2 Å². The molecule has 0 saturated carbocycles. The number of amidine groups is 1. The maximum absolute atomic E-state index is 11.7. The molecule has 7 nitrogen and oxygen atoms in total. The summed E-state index contributed by atoms with van der Waals surface area (Å²) in [6, 6.07) is 5.45. The first-order valence-corrected chi connectivity index (χ1v) is 7.88. The van der Waals surface area contributed by atoms with Crippen LogP contribution in [0.1, 0.15) is 32.3 Å². The summed E-state index contributed by atoms with van der Waals surface area (Å²) in [5, 5.41) is 6.48. The van der Waals surface area contributed by atoms with E-state index in [9.17, 15) is 4.79 Å². The zero-order chi connectivity index (χ0) is 17.9. The van der Waals surface area contributed by atoms with Gasteiger partial charge >= 0.3 is 0 Å². The number of nitrogens with one attached hydrogen (secondary N) is 1. The molecule has 0 aliphatic heterocycles. The fourth-order valence-corrected chi connectivity index (χ4v) is 1.90. The largest absolute Gasteiger partial charge is 0.493 e. The first-order chi connectivity index (χ1) is 11.5. The number of amides is 1. The van der Waals surface area contributed by atoms with Crippen LogP contribution in [0.25, 0.3) is 0 Å². The first kappa shape index (κ1) is 19.6. The molecule has 0 aliphatic rings. The smallest absolute Gasteiger partial charge is 0.261 e. The van der Waals surface area contributed by atoms with Crippen molar-refractivity contribution in [3.63, 3.8) is 0 Å². The molecule has 1 aromatic carbocycles. The van der Waals surface area contributed by atoms with Crippen molar-refractivity contribution in [1.29, 1.82) is 0 Å². The topological polar surface area (TPSA) is 95.2 Å². The molecule has 0 aliphatic carbocycles. The highest BCUT2D eigenvalue weighted by atomic mass is 16.6. The molecule has 0 fully saturated rings. The molecule has 24 heavy (non-hydrogen) atoms. The molecule has 7 heteroatoms. The van der Waals surface area contributed by atoms with Crippen LogP contribution >= 0.6 is 0 Å². The summed E-state index contributed by atoms with van der Waals surface area (Å²) in [7, 11) is 3.14. The third kappa shape index (κ3) is 7.21. The predicted octanol–water partition coefficient (Wildman–Crippen LogP) is 2.04. The van der Waals surface area contributed by atoms with Gasteiger partial charge in [-0.2, -0.15) is 0 Å². The van der Waals surface area contributed by atoms with Gasteiger partial charge in [-0.3, -0.25) is 4.79 Å². The van der Waals surface area contributed by atoms with Gasteiger partial charge in [-0.25, -0.2) is 0 Å². The van der Waals surface area contributed by atoms with Crippen LogP contribution in [0.15, 0.2) is 23.4 Å². The number of nitrogens with zero attached hydrogens (tertiary/aromatic N) is 1. The summed E-state index contributed by atoms with van der Waals surface area (Å²) in [6.45, 7) is 4.40. The van der Waals surface area contributed by atoms with Gasteiger partial charge in [0.25, 0.3) is 5.91 Å². The lowest BCUT2D eigenvalue weighted by Gasteiger charge is -2.10. The number of rotatable bonds is 10. The van der Waals surface area contributed by atoms with Gasteiger partial charge in [0.1, 0.15) is 5.84 Å². The first-order valence-electron chi connectivity index (χ1n) is 7.88. The molecule has 1 amide bonds. The second-order valence-electron chi connectivity index (χ2n) is 5.75. The van der Waals surface area contributed by atoms with Crippen LogP contribution in [0, 0.1) is 5.92 Å². The van der Waals surface area contributed by atoms with E-state index >= 15 is 0 Å². The van der Waals surface area contributed by atoms with Crippen molar-refractivity contribution in [3.8, 4) is 11.5 Å². The Morgan fingerprint density at radius 3 is 2.58 bits per heavy atom. The number of carbonyl (C=O) groups excluding carboxylic acids is 1. The third-order valence-corrected chi connectivity index (χ3v) is 3.29. The zero-order valence-corrected chi connectivity index (χ0v) is 14.8. The van der Waals surface area contributed by atoms with E-state index in [0.29, 0.717) is 36.2 Å². The normalized spacial score (nSPS) is 11.3. The lowest BCUT2D eigenvalue weighted by Crippen LogP contribution is -2.27. The molecular formula is C17H27N3O4. The maximum atomic E-state index is 11.7. The molecule has 0 radical (unpaired) electrons. The zero-order valence-electron chi connectivity index (χ0n) is 14.8. The van der Waals surface area contributed by atoms with E-state index in [1.54, 1.807) is 20.3 Å². The van der Waals surface area contributed by atoms with E-state index in [4.69, 9.17) is 20.0 Å². The number of benzene rings is 1. The van der Waals surface area contributed by atoms with E-state index in [1.165, 1.54) is 0 Å². The van der Waals surface area contributed by atoms with Crippen LogP contribution in [0.3, 0.4) is 0 Å². The molecule has 0 atom stereocenters. The van der Waals surface area contributed by atoms with E-state index in [-0.39, 0.29) is 12.5 Å². The summed E-state index contributed by atoms with van der Waals surface area (Å²) in [4.78, 5) is 16.7. The Bertz CT molecular complexity index is 559. The molecule has 3 N–H and O–H groups in total. The number of hydrogen-bond donors (Lipinski definition) is 2. The van der Waals surface area contributed by atoms with Gasteiger partial charge in [0.15, 0.2) is 18.1 Å². The summed E-state index contributed by atoms with van der Waals surface area (Å²) >= 11 is 0. The number of ether oxygens (including phenoxy) is 2. The van der Waals surface area contributed by atoms with Gasteiger partial charge in [-0.15, -0.1) is 0 Å². The van der Waals surface area contributed by atoms with Crippen LogP contribution < -0.4 is 20.5 Å². The van der Waals surface area contributed by atoms with Crippen LogP contribution in [-0.2, 0) is 16.2 Å². The molecule has 0 saturated heterocycles. The lowest BCUT2D eigenvalue weighted by atomic mass is 10.1. The van der Waals surface area contributed by atoms with Crippen molar-refractivity contribution >= 4 is 11.7 Å². The van der Waals surface area contributed by atoms with Crippen molar-refractivity contribution in [1.82, 2.24) is 5.32 Å². The molecular weight excluding hydrogens is 310 g/mol. The highest BCUT2D eigenvalue weighted by molar-refractivity contribution is 5.80. The van der Waals surface area contributed by atoms with Crippen molar-refractivity contribution in [2.45, 2.75) is 33.2 Å². The van der Waals surface area contributed by atoms with Gasteiger partial charge in [0, 0.05) is 13.0 Å². The summed E-state index contributed by atoms with van der Waals surface area (Å²) in [5.74, 6) is 1.93. The lowest BCUT2D eigenvalue weighted by molar-refractivity contribution is -0.125.